The predicted molar refractivity (Wildman–Crippen MR) is 107 cm³/mol. The van der Waals surface area contributed by atoms with Crippen LogP contribution >= 0.6 is 0 Å². The molecule has 2 atom stereocenters. The van der Waals surface area contributed by atoms with Crippen LogP contribution < -0.4 is 20.1 Å². The second kappa shape index (κ2) is 6.84. The van der Waals surface area contributed by atoms with Crippen molar-refractivity contribution in [1.29, 1.82) is 0 Å². The van der Waals surface area contributed by atoms with Gasteiger partial charge in [-0.05, 0) is 35.7 Å². The Balaban J connectivity index is 1.69. The fourth-order valence-electron chi connectivity index (χ4n) is 4.05. The highest BCUT2D eigenvalue weighted by atomic mass is 16.7. The third kappa shape index (κ3) is 3.08. The van der Waals surface area contributed by atoms with Crippen LogP contribution in [0.2, 0.25) is 0 Å². The molecule has 0 fully saturated rings. The van der Waals surface area contributed by atoms with Crippen LogP contribution in [0.25, 0.3) is 10.9 Å². The SMILES string of the molecule is CC1Cc2c([nH]c3ccccc23)[C@@H](c2ccc3c(c2)OCO3)NC(=O)CNC1=O. The molecule has 2 aromatic carbocycles. The molecule has 0 aliphatic carbocycles. The van der Waals surface area contributed by atoms with Crippen molar-refractivity contribution >= 4 is 22.7 Å². The van der Waals surface area contributed by atoms with Crippen molar-refractivity contribution in [2.75, 3.05) is 13.3 Å². The number of H-pyrrole nitrogens is 1. The number of amides is 2. The average Bonchev–Trinajstić information content (AvgIpc) is 3.34. The lowest BCUT2D eigenvalue weighted by Crippen LogP contribution is -2.42. The summed E-state index contributed by atoms with van der Waals surface area (Å²) >= 11 is 0. The number of ether oxygens (including phenoxy) is 2. The van der Waals surface area contributed by atoms with E-state index in [0.29, 0.717) is 17.9 Å². The molecule has 1 unspecified atom stereocenters. The van der Waals surface area contributed by atoms with Gasteiger partial charge in [0.1, 0.15) is 0 Å². The van der Waals surface area contributed by atoms with Crippen molar-refractivity contribution in [3.05, 3.63) is 59.3 Å². The summed E-state index contributed by atoms with van der Waals surface area (Å²) in [5.74, 6) is 0.722. The number of aromatic nitrogens is 1. The first kappa shape index (κ1) is 17.6. The van der Waals surface area contributed by atoms with Gasteiger partial charge in [-0.15, -0.1) is 0 Å². The Labute approximate surface area is 167 Å². The summed E-state index contributed by atoms with van der Waals surface area (Å²) in [5, 5.41) is 6.85. The van der Waals surface area contributed by atoms with E-state index in [1.807, 2.05) is 49.4 Å². The highest BCUT2D eigenvalue weighted by Gasteiger charge is 2.29. The number of rotatable bonds is 1. The molecule has 2 amide bonds. The van der Waals surface area contributed by atoms with E-state index >= 15 is 0 Å². The molecule has 2 aliphatic heterocycles. The highest BCUT2D eigenvalue weighted by molar-refractivity contribution is 5.89. The summed E-state index contributed by atoms with van der Waals surface area (Å²) in [6.45, 7) is 2.02. The molecule has 3 heterocycles. The molecule has 0 spiro atoms. The molecule has 148 valence electrons. The topological polar surface area (TPSA) is 92.4 Å². The molecule has 2 aliphatic rings. The monoisotopic (exact) mass is 391 g/mol. The van der Waals surface area contributed by atoms with Gasteiger partial charge in [0.25, 0.3) is 0 Å². The Hall–Kier alpha value is -3.48. The zero-order valence-corrected chi connectivity index (χ0v) is 16.0. The van der Waals surface area contributed by atoms with Gasteiger partial charge in [0, 0.05) is 22.5 Å². The molecule has 0 bridgehead atoms. The maximum absolute atomic E-state index is 12.6. The largest absolute Gasteiger partial charge is 0.454 e. The second-order valence-corrected chi connectivity index (χ2v) is 7.50. The van der Waals surface area contributed by atoms with Gasteiger partial charge in [0.15, 0.2) is 11.5 Å². The molecule has 1 aromatic heterocycles. The number of para-hydroxylation sites is 1. The standard InChI is InChI=1S/C22H21N3O4/c1-12-8-15-14-4-2-3-5-16(14)24-21(15)20(25-19(26)10-23-22(12)27)13-6-7-17-18(9-13)29-11-28-17/h2-7,9,12,20,24H,8,10-11H2,1H3,(H,23,27)(H,25,26)/t12?,20-/m1/s1. The van der Waals surface area contributed by atoms with E-state index in [4.69, 9.17) is 9.47 Å². The van der Waals surface area contributed by atoms with E-state index in [1.165, 1.54) is 0 Å². The summed E-state index contributed by atoms with van der Waals surface area (Å²) in [7, 11) is 0. The first-order valence-corrected chi connectivity index (χ1v) is 9.66. The summed E-state index contributed by atoms with van der Waals surface area (Å²) in [6.07, 6.45) is 0.572. The van der Waals surface area contributed by atoms with E-state index in [0.717, 1.165) is 27.7 Å². The number of nitrogens with one attached hydrogen (secondary N) is 3. The van der Waals surface area contributed by atoms with Crippen LogP contribution in [0.1, 0.15) is 29.8 Å². The zero-order chi connectivity index (χ0) is 20.0. The first-order chi connectivity index (χ1) is 14.1. The molecule has 7 nitrogen and oxygen atoms in total. The van der Waals surface area contributed by atoms with Crippen molar-refractivity contribution in [2.24, 2.45) is 5.92 Å². The Morgan fingerprint density at radius 1 is 1.03 bits per heavy atom. The van der Waals surface area contributed by atoms with Gasteiger partial charge in [0.2, 0.25) is 18.6 Å². The van der Waals surface area contributed by atoms with Crippen LogP contribution in [0.3, 0.4) is 0 Å². The summed E-state index contributed by atoms with van der Waals surface area (Å²) < 4.78 is 11.0. The first-order valence-electron chi connectivity index (χ1n) is 9.66. The maximum Gasteiger partial charge on any atom is 0.240 e. The van der Waals surface area contributed by atoms with Crippen molar-refractivity contribution in [2.45, 2.75) is 19.4 Å². The highest BCUT2D eigenvalue weighted by Crippen LogP contribution is 2.38. The molecular formula is C22H21N3O4. The van der Waals surface area contributed by atoms with Crippen LogP contribution in [0, 0.1) is 5.92 Å². The van der Waals surface area contributed by atoms with Crippen LogP contribution in [0.5, 0.6) is 11.5 Å². The molecule has 0 radical (unpaired) electrons. The Morgan fingerprint density at radius 2 is 1.86 bits per heavy atom. The van der Waals surface area contributed by atoms with Gasteiger partial charge < -0.3 is 25.1 Å². The fraction of sp³-hybridized carbons (Fsp3) is 0.273. The van der Waals surface area contributed by atoms with Gasteiger partial charge in [-0.25, -0.2) is 0 Å². The number of benzene rings is 2. The zero-order valence-electron chi connectivity index (χ0n) is 16.0. The lowest BCUT2D eigenvalue weighted by atomic mass is 9.92. The molecule has 5 rings (SSSR count). The average molecular weight is 391 g/mol. The van der Waals surface area contributed by atoms with Crippen molar-refractivity contribution in [1.82, 2.24) is 15.6 Å². The predicted octanol–water partition coefficient (Wildman–Crippen LogP) is 2.41. The van der Waals surface area contributed by atoms with E-state index in [1.54, 1.807) is 0 Å². The normalized spacial score (nSPS) is 21.4. The summed E-state index contributed by atoms with van der Waals surface area (Å²) in [6, 6.07) is 13.3. The van der Waals surface area contributed by atoms with Gasteiger partial charge >= 0.3 is 0 Å². The van der Waals surface area contributed by atoms with Crippen molar-refractivity contribution in [3.63, 3.8) is 0 Å². The van der Waals surface area contributed by atoms with Crippen LogP contribution in [0.15, 0.2) is 42.5 Å². The van der Waals surface area contributed by atoms with Crippen LogP contribution in [0.4, 0.5) is 0 Å². The van der Waals surface area contributed by atoms with Crippen molar-refractivity contribution < 1.29 is 19.1 Å². The van der Waals surface area contributed by atoms with E-state index in [2.05, 4.69) is 15.6 Å². The Morgan fingerprint density at radius 3 is 2.76 bits per heavy atom. The molecular weight excluding hydrogens is 370 g/mol. The minimum absolute atomic E-state index is 0.0558. The van der Waals surface area contributed by atoms with Crippen LogP contribution in [-0.2, 0) is 16.0 Å². The lowest BCUT2D eigenvalue weighted by molar-refractivity contribution is -0.128. The van der Waals surface area contributed by atoms with Crippen LogP contribution in [-0.4, -0.2) is 30.1 Å². The summed E-state index contributed by atoms with van der Waals surface area (Å²) in [5.41, 5.74) is 3.78. The minimum atomic E-state index is -0.401. The summed E-state index contributed by atoms with van der Waals surface area (Å²) in [4.78, 5) is 28.5. The number of aromatic amines is 1. The Kier molecular flexibility index (Phi) is 4.16. The molecule has 7 heteroatoms. The van der Waals surface area contributed by atoms with Gasteiger partial charge in [0.05, 0.1) is 12.6 Å². The number of carbonyl (C=O) groups is 2. The number of carbonyl (C=O) groups excluding carboxylic acids is 2. The van der Waals surface area contributed by atoms with Crippen molar-refractivity contribution in [3.8, 4) is 11.5 Å². The maximum atomic E-state index is 12.6. The minimum Gasteiger partial charge on any atom is -0.454 e. The molecule has 0 saturated carbocycles. The molecule has 29 heavy (non-hydrogen) atoms. The molecule has 3 N–H and O–H groups in total. The second-order valence-electron chi connectivity index (χ2n) is 7.50. The third-order valence-corrected chi connectivity index (χ3v) is 5.55. The quantitative estimate of drug-likeness (QED) is 0.594. The Bertz CT molecular complexity index is 1120. The smallest absolute Gasteiger partial charge is 0.240 e. The number of hydrogen-bond donors (Lipinski definition) is 3. The number of hydrogen-bond acceptors (Lipinski definition) is 4. The molecule has 3 aromatic rings. The van der Waals surface area contributed by atoms with Gasteiger partial charge in [-0.1, -0.05) is 31.2 Å². The van der Waals surface area contributed by atoms with E-state index in [-0.39, 0.29) is 31.1 Å². The van der Waals surface area contributed by atoms with E-state index in [9.17, 15) is 9.59 Å². The third-order valence-electron chi connectivity index (χ3n) is 5.55. The van der Waals surface area contributed by atoms with Gasteiger partial charge in [-0.3, -0.25) is 9.59 Å². The van der Waals surface area contributed by atoms with E-state index < -0.39 is 6.04 Å². The lowest BCUT2D eigenvalue weighted by Gasteiger charge is -2.23. The molecule has 0 saturated heterocycles. The van der Waals surface area contributed by atoms with Gasteiger partial charge in [-0.2, -0.15) is 0 Å². The fourth-order valence-corrected chi connectivity index (χ4v) is 4.05. The number of fused-ring (bicyclic) bond motifs is 4.